The number of nitrogens with one attached hydrogen (secondary N) is 1. The second-order valence-corrected chi connectivity index (χ2v) is 11.6. The molecule has 1 fully saturated rings. The number of rotatable bonds is 9. The van der Waals surface area contributed by atoms with E-state index in [9.17, 15) is 32.7 Å². The van der Waals surface area contributed by atoms with Gasteiger partial charge < -0.3 is 10.1 Å². The Kier molecular flexibility index (Phi) is 7.79. The summed E-state index contributed by atoms with van der Waals surface area (Å²) in [6, 6.07) is 14.0. The van der Waals surface area contributed by atoms with Gasteiger partial charge >= 0.3 is 5.97 Å². The fourth-order valence-electron chi connectivity index (χ4n) is 4.99. The van der Waals surface area contributed by atoms with Crippen LogP contribution in [0.3, 0.4) is 0 Å². The Bertz CT molecular complexity index is 1330. The number of hydrogen-bond donors (Lipinski definition) is 3. The molecule has 1 saturated carbocycles. The van der Waals surface area contributed by atoms with E-state index in [1.54, 1.807) is 24.3 Å². The number of aliphatic carboxylic acids is 1. The Labute approximate surface area is 214 Å². The average molecular weight is 529 g/mol. The second-order valence-electron chi connectivity index (χ2n) is 9.39. The lowest BCUT2D eigenvalue weighted by Crippen LogP contribution is -2.46. The molecule has 37 heavy (non-hydrogen) atoms. The number of nitrogens with zero attached hydrogens (tertiary/aromatic N) is 1. The van der Waals surface area contributed by atoms with Gasteiger partial charge in [-0.05, 0) is 60.4 Å². The first-order valence-electron chi connectivity index (χ1n) is 12.1. The summed E-state index contributed by atoms with van der Waals surface area (Å²) in [5.74, 6) is -2.66. The Morgan fingerprint density at radius 3 is 2.08 bits per heavy atom. The van der Waals surface area contributed by atoms with Crippen LogP contribution in [0.25, 0.3) is 11.1 Å². The van der Waals surface area contributed by atoms with Gasteiger partial charge in [0, 0.05) is 11.9 Å². The van der Waals surface area contributed by atoms with Crippen LogP contribution in [-0.2, 0) is 24.2 Å². The van der Waals surface area contributed by atoms with Crippen molar-refractivity contribution in [2.24, 2.45) is 0 Å². The first kappa shape index (κ1) is 26.6. The molecule has 3 aromatic rings. The molecule has 1 atom stereocenters. The van der Waals surface area contributed by atoms with Crippen molar-refractivity contribution < 1.29 is 32.7 Å². The number of benzene rings is 2. The lowest BCUT2D eigenvalue weighted by Gasteiger charge is -2.34. The average Bonchev–Trinajstić information content (AvgIpc) is 3.44. The van der Waals surface area contributed by atoms with Crippen molar-refractivity contribution in [3.63, 3.8) is 0 Å². The molecule has 1 unspecified atom stereocenters. The molecule has 3 N–H and O–H groups in total. The third kappa shape index (κ3) is 5.45. The zero-order chi connectivity index (χ0) is 26.6. The molecule has 1 aliphatic rings. The zero-order valence-corrected chi connectivity index (χ0v) is 21.0. The predicted octanol–water partition coefficient (Wildman–Crippen LogP) is 4.91. The highest BCUT2D eigenvalue weighted by Gasteiger charge is 2.51. The molecule has 1 aliphatic carbocycles. The number of aromatic nitrogens is 1. The molecule has 4 rings (SSSR count). The van der Waals surface area contributed by atoms with Gasteiger partial charge in [-0.15, -0.1) is 0 Å². The maximum absolute atomic E-state index is 14.1. The number of carboxylic acid groups (broad SMARTS) is 1. The zero-order valence-electron chi connectivity index (χ0n) is 20.1. The van der Waals surface area contributed by atoms with E-state index in [0.29, 0.717) is 29.0 Å². The van der Waals surface area contributed by atoms with E-state index in [4.69, 9.17) is 0 Å². The number of hydrogen-bond acceptors (Lipinski definition) is 5. The Morgan fingerprint density at radius 2 is 1.54 bits per heavy atom. The number of carbonyl (C=O) groups is 2. The van der Waals surface area contributed by atoms with Crippen molar-refractivity contribution in [3.05, 3.63) is 78.4 Å². The second kappa shape index (κ2) is 10.9. The molecule has 10 heteroatoms. The van der Waals surface area contributed by atoms with Gasteiger partial charge in [-0.2, -0.15) is 0 Å². The van der Waals surface area contributed by atoms with E-state index in [2.05, 4.69) is 4.98 Å². The van der Waals surface area contributed by atoms with Crippen molar-refractivity contribution in [3.8, 4) is 11.1 Å². The Hall–Kier alpha value is -3.50. The van der Waals surface area contributed by atoms with E-state index < -0.39 is 51.2 Å². The van der Waals surface area contributed by atoms with Gasteiger partial charge in [0.2, 0.25) is 5.91 Å². The fourth-order valence-corrected chi connectivity index (χ4v) is 6.98. The van der Waals surface area contributed by atoms with E-state index in [-0.39, 0.29) is 10.6 Å². The number of hydroxylamine groups is 2. The van der Waals surface area contributed by atoms with Gasteiger partial charge in [0.15, 0.2) is 9.84 Å². The lowest BCUT2D eigenvalue weighted by molar-refractivity contribution is -0.179. The standard InChI is InChI=1S/C27H29FN2O6S/c28-21-12-8-19(9-13-21)20-10-14-23(15-11-20)37(35,36)27(18-26(32)33,24-7-4-16-29-24)17-25(31)30(34)22-5-2-1-3-6-22/h4,7-16,22,29,34H,1-3,5-6,17-18H2,(H,32,33). The maximum Gasteiger partial charge on any atom is 0.305 e. The molecule has 1 aromatic heterocycles. The number of halogens is 1. The summed E-state index contributed by atoms with van der Waals surface area (Å²) < 4.78 is 39.4. The van der Waals surface area contributed by atoms with Crippen LogP contribution in [0.1, 0.15) is 50.6 Å². The molecule has 0 radical (unpaired) electrons. The van der Waals surface area contributed by atoms with Gasteiger partial charge in [0.25, 0.3) is 0 Å². The van der Waals surface area contributed by atoms with Gasteiger partial charge in [0.05, 0.1) is 23.8 Å². The quantitative estimate of drug-likeness (QED) is 0.268. The van der Waals surface area contributed by atoms with Crippen molar-refractivity contribution in [1.82, 2.24) is 10.0 Å². The van der Waals surface area contributed by atoms with Crippen LogP contribution in [0.4, 0.5) is 4.39 Å². The minimum atomic E-state index is -4.48. The van der Waals surface area contributed by atoms with Gasteiger partial charge in [-0.3, -0.25) is 14.8 Å². The molecule has 1 amide bonds. The summed E-state index contributed by atoms with van der Waals surface area (Å²) in [7, 11) is -4.48. The molecule has 196 valence electrons. The Morgan fingerprint density at radius 1 is 0.946 bits per heavy atom. The van der Waals surface area contributed by atoms with E-state index >= 15 is 0 Å². The minimum absolute atomic E-state index is 0.0444. The van der Waals surface area contributed by atoms with Crippen molar-refractivity contribution in [1.29, 1.82) is 0 Å². The molecular formula is C27H29FN2O6S. The van der Waals surface area contributed by atoms with Gasteiger partial charge in [-0.1, -0.05) is 43.5 Å². The van der Waals surface area contributed by atoms with Crippen LogP contribution in [0.5, 0.6) is 0 Å². The number of carboxylic acids is 1. The summed E-state index contributed by atoms with van der Waals surface area (Å²) in [5.41, 5.74) is 1.35. The summed E-state index contributed by atoms with van der Waals surface area (Å²) in [6.45, 7) is 0. The molecule has 0 bridgehead atoms. The van der Waals surface area contributed by atoms with Crippen molar-refractivity contribution in [2.75, 3.05) is 0 Å². The van der Waals surface area contributed by atoms with Crippen LogP contribution in [0, 0.1) is 5.82 Å². The van der Waals surface area contributed by atoms with Crippen LogP contribution in [0.2, 0.25) is 0 Å². The highest BCUT2D eigenvalue weighted by Crippen LogP contribution is 2.42. The van der Waals surface area contributed by atoms with E-state index in [0.717, 1.165) is 19.3 Å². The normalized spacial score (nSPS) is 16.2. The van der Waals surface area contributed by atoms with Crippen LogP contribution in [0.15, 0.2) is 71.8 Å². The van der Waals surface area contributed by atoms with Crippen molar-refractivity contribution >= 4 is 21.7 Å². The molecule has 8 nitrogen and oxygen atoms in total. The first-order valence-corrected chi connectivity index (χ1v) is 13.6. The highest BCUT2D eigenvalue weighted by molar-refractivity contribution is 7.92. The molecule has 2 aromatic carbocycles. The summed E-state index contributed by atoms with van der Waals surface area (Å²) >= 11 is 0. The first-order chi connectivity index (χ1) is 17.6. The molecule has 1 heterocycles. The van der Waals surface area contributed by atoms with Gasteiger partial charge in [-0.25, -0.2) is 17.9 Å². The highest BCUT2D eigenvalue weighted by atomic mass is 32.2. The Balaban J connectivity index is 1.75. The molecule has 0 aliphatic heterocycles. The molecule has 0 saturated heterocycles. The monoisotopic (exact) mass is 528 g/mol. The molecular weight excluding hydrogens is 499 g/mol. The minimum Gasteiger partial charge on any atom is -0.481 e. The largest absolute Gasteiger partial charge is 0.481 e. The van der Waals surface area contributed by atoms with Crippen LogP contribution < -0.4 is 0 Å². The topological polar surface area (TPSA) is 128 Å². The van der Waals surface area contributed by atoms with Crippen LogP contribution >= 0.6 is 0 Å². The van der Waals surface area contributed by atoms with Crippen molar-refractivity contribution in [2.45, 2.75) is 60.6 Å². The third-order valence-electron chi connectivity index (χ3n) is 7.00. The molecule has 0 spiro atoms. The predicted molar refractivity (Wildman–Crippen MR) is 134 cm³/mol. The van der Waals surface area contributed by atoms with E-state index in [1.807, 2.05) is 0 Å². The summed E-state index contributed by atoms with van der Waals surface area (Å²) in [4.78, 5) is 27.9. The summed E-state index contributed by atoms with van der Waals surface area (Å²) in [5, 5.41) is 21.0. The lowest BCUT2D eigenvalue weighted by atomic mass is 9.93. The smallest absolute Gasteiger partial charge is 0.305 e. The van der Waals surface area contributed by atoms with Crippen LogP contribution in [-0.4, -0.2) is 46.7 Å². The fraction of sp³-hybridized carbons (Fsp3) is 0.333. The summed E-state index contributed by atoms with van der Waals surface area (Å²) in [6.07, 6.45) is 3.67. The number of carbonyl (C=O) groups excluding carboxylic acids is 1. The number of amides is 1. The number of sulfone groups is 1. The van der Waals surface area contributed by atoms with Gasteiger partial charge in [0.1, 0.15) is 10.6 Å². The number of H-pyrrole nitrogens is 1. The maximum atomic E-state index is 14.1. The number of aromatic amines is 1. The van der Waals surface area contributed by atoms with E-state index in [1.165, 1.54) is 42.6 Å². The third-order valence-corrected chi connectivity index (χ3v) is 9.43. The SMILES string of the molecule is O=C(O)CC(CC(=O)N(O)C1CCCCC1)(c1ccc[nH]1)S(=O)(=O)c1ccc(-c2ccc(F)cc2)cc1.